The molecule has 3 rings (SSSR count). The zero-order chi connectivity index (χ0) is 18.9. The SMILES string of the molecule is O=C(Cn1cnc2cc(F)c(F)cc21)Nc1ccc(OC(F)(F)F)cc1. The Labute approximate surface area is 143 Å². The predicted molar refractivity (Wildman–Crippen MR) is 81.4 cm³/mol. The van der Waals surface area contributed by atoms with Crippen molar-refractivity contribution in [2.75, 3.05) is 5.32 Å². The molecule has 0 radical (unpaired) electrons. The Hall–Kier alpha value is -3.17. The van der Waals surface area contributed by atoms with Crippen molar-refractivity contribution in [2.24, 2.45) is 0 Å². The number of fused-ring (bicyclic) bond motifs is 1. The maximum atomic E-state index is 13.3. The van der Waals surface area contributed by atoms with Crippen molar-refractivity contribution < 1.29 is 31.5 Å². The summed E-state index contributed by atoms with van der Waals surface area (Å²) in [4.78, 5) is 15.9. The molecule has 0 aliphatic rings. The lowest BCUT2D eigenvalue weighted by Gasteiger charge is -2.10. The molecule has 5 nitrogen and oxygen atoms in total. The summed E-state index contributed by atoms with van der Waals surface area (Å²) in [5.41, 5.74) is 0.657. The van der Waals surface area contributed by atoms with Gasteiger partial charge in [0.2, 0.25) is 5.91 Å². The molecule has 0 aliphatic carbocycles. The average molecular weight is 371 g/mol. The van der Waals surface area contributed by atoms with Crippen LogP contribution >= 0.6 is 0 Å². The summed E-state index contributed by atoms with van der Waals surface area (Å²) in [5, 5.41) is 2.47. The number of imidazole rings is 1. The number of benzene rings is 2. The molecule has 3 aromatic rings. The van der Waals surface area contributed by atoms with Crippen LogP contribution in [0.5, 0.6) is 5.75 Å². The molecule has 1 heterocycles. The van der Waals surface area contributed by atoms with Gasteiger partial charge in [-0.3, -0.25) is 4.79 Å². The second-order valence-electron chi connectivity index (χ2n) is 5.25. The lowest BCUT2D eigenvalue weighted by molar-refractivity contribution is -0.274. The topological polar surface area (TPSA) is 56.2 Å². The van der Waals surface area contributed by atoms with E-state index in [4.69, 9.17) is 0 Å². The Kier molecular flexibility index (Phi) is 4.49. The standard InChI is InChI=1S/C16H10F5N3O2/c17-11-5-13-14(6-12(11)18)24(8-22-13)7-15(25)23-9-1-3-10(4-2-9)26-16(19,20)21/h1-6,8H,7H2,(H,23,25). The highest BCUT2D eigenvalue weighted by Gasteiger charge is 2.30. The number of hydrogen-bond donors (Lipinski definition) is 1. The molecule has 0 spiro atoms. The molecule has 10 heteroatoms. The number of amides is 1. The largest absolute Gasteiger partial charge is 0.573 e. The molecule has 0 saturated carbocycles. The summed E-state index contributed by atoms with van der Waals surface area (Å²) >= 11 is 0. The molecule has 2 aromatic carbocycles. The molecule has 0 atom stereocenters. The van der Waals surface area contributed by atoms with Gasteiger partial charge < -0.3 is 14.6 Å². The Morgan fingerprint density at radius 1 is 1.12 bits per heavy atom. The van der Waals surface area contributed by atoms with E-state index in [0.717, 1.165) is 24.3 Å². The Morgan fingerprint density at radius 3 is 2.42 bits per heavy atom. The van der Waals surface area contributed by atoms with Gasteiger partial charge >= 0.3 is 6.36 Å². The Balaban J connectivity index is 1.68. The third-order valence-corrected chi connectivity index (χ3v) is 3.35. The number of nitrogens with zero attached hydrogens (tertiary/aromatic N) is 2. The van der Waals surface area contributed by atoms with Crippen molar-refractivity contribution in [3.05, 3.63) is 54.4 Å². The predicted octanol–water partition coefficient (Wildman–Crippen LogP) is 3.85. The van der Waals surface area contributed by atoms with Crippen molar-refractivity contribution in [3.63, 3.8) is 0 Å². The summed E-state index contributed by atoms with van der Waals surface area (Å²) < 4.78 is 67.8. The highest BCUT2D eigenvalue weighted by molar-refractivity contribution is 5.91. The molecule has 0 aliphatic heterocycles. The number of halogens is 5. The monoisotopic (exact) mass is 371 g/mol. The minimum Gasteiger partial charge on any atom is -0.406 e. The van der Waals surface area contributed by atoms with Crippen LogP contribution in [0.4, 0.5) is 27.6 Å². The Morgan fingerprint density at radius 2 is 1.77 bits per heavy atom. The molecule has 26 heavy (non-hydrogen) atoms. The minimum absolute atomic E-state index is 0.186. The number of carbonyl (C=O) groups excluding carboxylic acids is 1. The van der Waals surface area contributed by atoms with Crippen LogP contribution in [-0.2, 0) is 11.3 Å². The lowest BCUT2D eigenvalue weighted by atomic mass is 10.3. The molecule has 1 aromatic heterocycles. The zero-order valence-corrected chi connectivity index (χ0v) is 12.8. The fraction of sp³-hybridized carbons (Fsp3) is 0.125. The van der Waals surface area contributed by atoms with E-state index in [1.165, 1.54) is 23.0 Å². The first-order valence-electron chi connectivity index (χ1n) is 7.17. The van der Waals surface area contributed by atoms with Gasteiger partial charge in [-0.15, -0.1) is 13.2 Å². The van der Waals surface area contributed by atoms with Gasteiger partial charge in [0.15, 0.2) is 11.6 Å². The fourth-order valence-electron chi connectivity index (χ4n) is 2.27. The molecular weight excluding hydrogens is 361 g/mol. The molecule has 0 unspecified atom stereocenters. The summed E-state index contributed by atoms with van der Waals surface area (Å²) in [6.07, 6.45) is -3.55. The zero-order valence-electron chi connectivity index (χ0n) is 12.8. The second-order valence-corrected chi connectivity index (χ2v) is 5.25. The molecule has 0 saturated heterocycles. The number of ether oxygens (including phenoxy) is 1. The normalized spacial score (nSPS) is 11.6. The van der Waals surface area contributed by atoms with Gasteiger partial charge in [-0.25, -0.2) is 13.8 Å². The van der Waals surface area contributed by atoms with Gasteiger partial charge in [-0.05, 0) is 24.3 Å². The van der Waals surface area contributed by atoms with E-state index < -0.39 is 29.7 Å². The van der Waals surface area contributed by atoms with E-state index in [1.54, 1.807) is 0 Å². The number of anilines is 1. The van der Waals surface area contributed by atoms with Crippen molar-refractivity contribution >= 4 is 22.6 Å². The molecule has 1 amide bonds. The third kappa shape index (κ3) is 4.08. The van der Waals surface area contributed by atoms with Gasteiger partial charge in [0.1, 0.15) is 12.3 Å². The minimum atomic E-state index is -4.80. The highest BCUT2D eigenvalue weighted by atomic mass is 19.4. The number of nitrogens with one attached hydrogen (secondary N) is 1. The molecule has 0 bridgehead atoms. The first-order chi connectivity index (χ1) is 12.2. The number of alkyl halides is 3. The number of carbonyl (C=O) groups is 1. The second kappa shape index (κ2) is 6.62. The molecular formula is C16H10F5N3O2. The quantitative estimate of drug-likeness (QED) is 0.709. The van der Waals surface area contributed by atoms with Gasteiger partial charge in [0.25, 0.3) is 0 Å². The van der Waals surface area contributed by atoms with Crippen molar-refractivity contribution in [1.82, 2.24) is 9.55 Å². The third-order valence-electron chi connectivity index (χ3n) is 3.35. The number of rotatable bonds is 4. The smallest absolute Gasteiger partial charge is 0.406 e. The number of aromatic nitrogens is 2. The summed E-state index contributed by atoms with van der Waals surface area (Å²) in [5.74, 6) is -3.07. The maximum Gasteiger partial charge on any atom is 0.573 e. The van der Waals surface area contributed by atoms with Crippen molar-refractivity contribution in [2.45, 2.75) is 12.9 Å². The fourth-order valence-corrected chi connectivity index (χ4v) is 2.27. The van der Waals surface area contributed by atoms with Gasteiger partial charge in [0, 0.05) is 17.8 Å². The van der Waals surface area contributed by atoms with E-state index in [0.29, 0.717) is 0 Å². The molecule has 1 N–H and O–H groups in total. The van der Waals surface area contributed by atoms with E-state index >= 15 is 0 Å². The van der Waals surface area contributed by atoms with Gasteiger partial charge in [-0.1, -0.05) is 0 Å². The lowest BCUT2D eigenvalue weighted by Crippen LogP contribution is -2.19. The van der Waals surface area contributed by atoms with E-state index in [9.17, 15) is 26.7 Å². The first kappa shape index (κ1) is 17.6. The maximum absolute atomic E-state index is 13.3. The summed E-state index contributed by atoms with van der Waals surface area (Å²) in [6.45, 7) is -0.248. The number of hydrogen-bond acceptors (Lipinski definition) is 3. The van der Waals surface area contributed by atoms with Gasteiger partial charge in [0.05, 0.1) is 17.4 Å². The van der Waals surface area contributed by atoms with Crippen LogP contribution < -0.4 is 10.1 Å². The molecule has 136 valence electrons. The van der Waals surface area contributed by atoms with Crippen LogP contribution in [-0.4, -0.2) is 21.8 Å². The van der Waals surface area contributed by atoms with Crippen molar-refractivity contribution in [1.29, 1.82) is 0 Å². The van der Waals surface area contributed by atoms with Crippen LogP contribution in [0, 0.1) is 11.6 Å². The summed E-state index contributed by atoms with van der Waals surface area (Å²) in [6, 6.07) is 6.41. The van der Waals surface area contributed by atoms with Crippen molar-refractivity contribution in [3.8, 4) is 5.75 Å². The van der Waals surface area contributed by atoms with E-state index in [-0.39, 0.29) is 23.3 Å². The van der Waals surface area contributed by atoms with Crippen LogP contribution in [0.2, 0.25) is 0 Å². The summed E-state index contributed by atoms with van der Waals surface area (Å²) in [7, 11) is 0. The van der Waals surface area contributed by atoms with Crippen LogP contribution in [0.25, 0.3) is 11.0 Å². The van der Waals surface area contributed by atoms with Crippen LogP contribution in [0.1, 0.15) is 0 Å². The van der Waals surface area contributed by atoms with Gasteiger partial charge in [-0.2, -0.15) is 0 Å². The van der Waals surface area contributed by atoms with Crippen LogP contribution in [0.15, 0.2) is 42.7 Å². The van der Waals surface area contributed by atoms with E-state index in [1.807, 2.05) is 0 Å². The average Bonchev–Trinajstić information content (AvgIpc) is 2.90. The molecule has 0 fully saturated rings. The van der Waals surface area contributed by atoms with E-state index in [2.05, 4.69) is 15.0 Å². The Bertz CT molecular complexity index is 951. The first-order valence-corrected chi connectivity index (χ1v) is 7.17. The highest BCUT2D eigenvalue weighted by Crippen LogP contribution is 2.24. The van der Waals surface area contributed by atoms with Crippen LogP contribution in [0.3, 0.4) is 0 Å².